The van der Waals surface area contributed by atoms with Crippen LogP contribution in [0, 0.1) is 5.92 Å². The molecule has 0 aromatic carbocycles. The van der Waals surface area contributed by atoms with Crippen molar-refractivity contribution in [1.29, 1.82) is 0 Å². The van der Waals surface area contributed by atoms with Crippen LogP contribution < -0.4 is 10.6 Å². The first-order valence-electron chi connectivity index (χ1n) is 7.49. The Labute approximate surface area is 125 Å². The summed E-state index contributed by atoms with van der Waals surface area (Å²) in [5, 5.41) is 14.2. The van der Waals surface area contributed by atoms with E-state index in [1.807, 2.05) is 13.8 Å². The number of nitrogens with one attached hydrogen (secondary N) is 2. The van der Waals surface area contributed by atoms with Crippen LogP contribution in [-0.2, 0) is 9.59 Å². The standard InChI is InChI=1S/C14H25N3O4/c1-3-11-13(20)15-8-9-17(11)14(21)16-7-6-10(2)4-5-12(18)19/h10-11H,3-9H2,1-2H3,(H,15,20)(H,16,21)(H,18,19). The van der Waals surface area contributed by atoms with E-state index in [1.54, 1.807) is 4.90 Å². The highest BCUT2D eigenvalue weighted by Crippen LogP contribution is 2.11. The first kappa shape index (κ1) is 17.3. The van der Waals surface area contributed by atoms with Gasteiger partial charge in [0.25, 0.3) is 0 Å². The molecule has 0 aliphatic carbocycles. The number of aliphatic carboxylic acids is 1. The number of nitrogens with zero attached hydrogens (tertiary/aromatic N) is 1. The lowest BCUT2D eigenvalue weighted by Gasteiger charge is -2.34. The molecule has 0 aromatic heterocycles. The molecule has 21 heavy (non-hydrogen) atoms. The minimum atomic E-state index is -0.795. The molecule has 1 rings (SSSR count). The van der Waals surface area contributed by atoms with Gasteiger partial charge in [0, 0.05) is 26.1 Å². The van der Waals surface area contributed by atoms with Crippen LogP contribution in [0.4, 0.5) is 4.79 Å². The van der Waals surface area contributed by atoms with E-state index in [2.05, 4.69) is 10.6 Å². The molecule has 1 saturated heterocycles. The highest BCUT2D eigenvalue weighted by Gasteiger charge is 2.31. The average molecular weight is 299 g/mol. The van der Waals surface area contributed by atoms with Crippen molar-refractivity contribution in [3.05, 3.63) is 0 Å². The van der Waals surface area contributed by atoms with E-state index in [1.165, 1.54) is 0 Å². The summed E-state index contributed by atoms with van der Waals surface area (Å²) in [6.45, 7) is 5.35. The third-order valence-corrected chi connectivity index (χ3v) is 3.74. The molecule has 0 saturated carbocycles. The Morgan fingerprint density at radius 3 is 2.81 bits per heavy atom. The monoisotopic (exact) mass is 299 g/mol. The normalized spacial score (nSPS) is 19.8. The fourth-order valence-electron chi connectivity index (χ4n) is 2.40. The first-order valence-corrected chi connectivity index (χ1v) is 7.49. The highest BCUT2D eigenvalue weighted by molar-refractivity contribution is 5.88. The molecule has 0 radical (unpaired) electrons. The van der Waals surface area contributed by atoms with E-state index in [0.717, 1.165) is 6.42 Å². The zero-order valence-electron chi connectivity index (χ0n) is 12.7. The number of hydrogen-bond donors (Lipinski definition) is 3. The fraction of sp³-hybridized carbons (Fsp3) is 0.786. The lowest BCUT2D eigenvalue weighted by molar-refractivity contribution is -0.137. The van der Waals surface area contributed by atoms with Gasteiger partial charge in [-0.2, -0.15) is 0 Å². The molecule has 1 aliphatic rings. The molecule has 1 aliphatic heterocycles. The van der Waals surface area contributed by atoms with Gasteiger partial charge in [-0.05, 0) is 25.2 Å². The summed E-state index contributed by atoms with van der Waals surface area (Å²) < 4.78 is 0. The number of hydrogen-bond acceptors (Lipinski definition) is 3. The van der Waals surface area contributed by atoms with Crippen molar-refractivity contribution in [3.63, 3.8) is 0 Å². The Morgan fingerprint density at radius 1 is 1.48 bits per heavy atom. The summed E-state index contributed by atoms with van der Waals surface area (Å²) in [7, 11) is 0. The maximum Gasteiger partial charge on any atom is 0.318 e. The minimum absolute atomic E-state index is 0.103. The second-order valence-electron chi connectivity index (χ2n) is 5.47. The topological polar surface area (TPSA) is 98.7 Å². The Balaban J connectivity index is 2.32. The van der Waals surface area contributed by atoms with Crippen LogP contribution in [0.15, 0.2) is 0 Å². The second-order valence-corrected chi connectivity index (χ2v) is 5.47. The quantitative estimate of drug-likeness (QED) is 0.647. The van der Waals surface area contributed by atoms with Crippen molar-refractivity contribution >= 4 is 17.9 Å². The molecule has 2 unspecified atom stereocenters. The van der Waals surface area contributed by atoms with Gasteiger partial charge in [0.1, 0.15) is 6.04 Å². The highest BCUT2D eigenvalue weighted by atomic mass is 16.4. The largest absolute Gasteiger partial charge is 0.481 e. The Kier molecular flexibility index (Phi) is 6.98. The molecular weight excluding hydrogens is 274 g/mol. The molecule has 2 atom stereocenters. The number of carboxylic acid groups (broad SMARTS) is 1. The summed E-state index contributed by atoms with van der Waals surface area (Å²) in [5.41, 5.74) is 0. The van der Waals surface area contributed by atoms with Crippen molar-refractivity contribution in [3.8, 4) is 0 Å². The second kappa shape index (κ2) is 8.49. The number of carbonyl (C=O) groups excluding carboxylic acids is 2. The smallest absolute Gasteiger partial charge is 0.318 e. The van der Waals surface area contributed by atoms with E-state index in [9.17, 15) is 14.4 Å². The van der Waals surface area contributed by atoms with E-state index < -0.39 is 12.0 Å². The fourth-order valence-corrected chi connectivity index (χ4v) is 2.40. The summed E-state index contributed by atoms with van der Waals surface area (Å²) in [6, 6.07) is -0.620. The predicted molar refractivity (Wildman–Crippen MR) is 77.8 cm³/mol. The molecule has 7 nitrogen and oxygen atoms in total. The van der Waals surface area contributed by atoms with Gasteiger partial charge in [0.15, 0.2) is 0 Å². The van der Waals surface area contributed by atoms with E-state index in [-0.39, 0.29) is 24.3 Å². The van der Waals surface area contributed by atoms with Gasteiger partial charge >= 0.3 is 12.0 Å². The molecule has 0 spiro atoms. The molecule has 1 heterocycles. The maximum atomic E-state index is 12.1. The number of rotatable bonds is 7. The van der Waals surface area contributed by atoms with Crippen molar-refractivity contribution in [2.45, 2.75) is 45.6 Å². The van der Waals surface area contributed by atoms with Gasteiger partial charge in [0.2, 0.25) is 5.91 Å². The van der Waals surface area contributed by atoms with E-state index >= 15 is 0 Å². The summed E-state index contributed by atoms with van der Waals surface area (Å²) in [4.78, 5) is 35.8. The number of carboxylic acids is 1. The first-order chi connectivity index (χ1) is 9.95. The molecule has 0 aromatic rings. The molecule has 0 bridgehead atoms. The van der Waals surface area contributed by atoms with Crippen LogP contribution >= 0.6 is 0 Å². The molecule has 1 fully saturated rings. The summed E-state index contributed by atoms with van der Waals surface area (Å²) >= 11 is 0. The SMILES string of the molecule is CCC1C(=O)NCCN1C(=O)NCCC(C)CCC(=O)O. The van der Waals surface area contributed by atoms with Crippen molar-refractivity contribution in [2.75, 3.05) is 19.6 Å². The van der Waals surface area contributed by atoms with Crippen LogP contribution in [-0.4, -0.2) is 53.6 Å². The maximum absolute atomic E-state index is 12.1. The van der Waals surface area contributed by atoms with Gasteiger partial charge in [-0.1, -0.05) is 13.8 Å². The van der Waals surface area contributed by atoms with Crippen LogP contribution in [0.2, 0.25) is 0 Å². The van der Waals surface area contributed by atoms with Gasteiger partial charge in [-0.3, -0.25) is 9.59 Å². The predicted octanol–water partition coefficient (Wildman–Crippen LogP) is 0.797. The van der Waals surface area contributed by atoms with Crippen LogP contribution in [0.3, 0.4) is 0 Å². The van der Waals surface area contributed by atoms with E-state index in [0.29, 0.717) is 32.5 Å². The minimum Gasteiger partial charge on any atom is -0.481 e. The average Bonchev–Trinajstić information content (AvgIpc) is 2.44. The lowest BCUT2D eigenvalue weighted by atomic mass is 10.0. The van der Waals surface area contributed by atoms with Crippen molar-refractivity contribution in [1.82, 2.24) is 15.5 Å². The van der Waals surface area contributed by atoms with E-state index in [4.69, 9.17) is 5.11 Å². The Hall–Kier alpha value is -1.79. The van der Waals surface area contributed by atoms with Crippen LogP contribution in [0.5, 0.6) is 0 Å². The van der Waals surface area contributed by atoms with Gasteiger partial charge in [0.05, 0.1) is 0 Å². The van der Waals surface area contributed by atoms with Crippen molar-refractivity contribution in [2.24, 2.45) is 5.92 Å². The third kappa shape index (κ3) is 5.61. The zero-order chi connectivity index (χ0) is 15.8. The molecule has 120 valence electrons. The molecular formula is C14H25N3O4. The summed E-state index contributed by atoms with van der Waals surface area (Å²) in [5.74, 6) is -0.655. The Bertz CT molecular complexity index is 386. The number of amides is 3. The van der Waals surface area contributed by atoms with Crippen molar-refractivity contribution < 1.29 is 19.5 Å². The van der Waals surface area contributed by atoms with Crippen LogP contribution in [0.25, 0.3) is 0 Å². The number of carbonyl (C=O) groups is 3. The molecule has 7 heteroatoms. The number of urea groups is 1. The number of piperazine rings is 1. The lowest BCUT2D eigenvalue weighted by Crippen LogP contribution is -2.59. The molecule has 3 N–H and O–H groups in total. The summed E-state index contributed by atoms with van der Waals surface area (Å²) in [6.07, 6.45) is 2.08. The third-order valence-electron chi connectivity index (χ3n) is 3.74. The molecule has 3 amide bonds. The van der Waals surface area contributed by atoms with Gasteiger partial charge in [-0.15, -0.1) is 0 Å². The Morgan fingerprint density at radius 2 is 2.19 bits per heavy atom. The zero-order valence-corrected chi connectivity index (χ0v) is 12.7. The van der Waals surface area contributed by atoms with Crippen LogP contribution in [0.1, 0.15) is 39.5 Å². The van der Waals surface area contributed by atoms with Gasteiger partial charge < -0.3 is 20.6 Å². The van der Waals surface area contributed by atoms with Gasteiger partial charge in [-0.25, -0.2) is 4.79 Å².